The molecular weight excluding hydrogens is 450 g/mol. The maximum Gasteiger partial charge on any atom is 0.221 e. The summed E-state index contributed by atoms with van der Waals surface area (Å²) in [7, 11) is 0. The fraction of sp³-hybridized carbons (Fsp3) is 0.240. The van der Waals surface area contributed by atoms with E-state index in [-0.39, 0.29) is 11.7 Å². The highest BCUT2D eigenvalue weighted by molar-refractivity contribution is 7.09. The standard InChI is InChI=1S/C25H27N5O3S/c1-3-32-20-11-16(10-18-13-28-25(27)30-24(18)26)12-21(23(20)17-4-6-19(31)7-5-17)33-9-8-22-15(2)29-14-34-22/h4-7,11-14,31H,3,8-10H2,1-2H3,(H4,26,27,28,30). The molecule has 2 heterocycles. The molecule has 5 N–H and O–H groups in total. The second-order valence-electron chi connectivity index (χ2n) is 7.72. The van der Waals surface area contributed by atoms with Gasteiger partial charge in [0.2, 0.25) is 5.95 Å². The minimum absolute atomic E-state index is 0.140. The molecule has 2 aromatic heterocycles. The lowest BCUT2D eigenvalue weighted by molar-refractivity contribution is 0.314. The summed E-state index contributed by atoms with van der Waals surface area (Å²) in [4.78, 5) is 13.6. The van der Waals surface area contributed by atoms with Crippen molar-refractivity contribution in [3.63, 3.8) is 0 Å². The quantitative estimate of drug-likeness (QED) is 0.324. The number of ether oxygens (including phenoxy) is 2. The number of aryl methyl sites for hydroxylation is 1. The van der Waals surface area contributed by atoms with Gasteiger partial charge in [-0.3, -0.25) is 0 Å². The second-order valence-corrected chi connectivity index (χ2v) is 8.66. The molecule has 0 amide bonds. The predicted molar refractivity (Wildman–Crippen MR) is 134 cm³/mol. The summed E-state index contributed by atoms with van der Waals surface area (Å²) in [6, 6.07) is 10.9. The summed E-state index contributed by atoms with van der Waals surface area (Å²) in [5.74, 6) is 2.05. The summed E-state index contributed by atoms with van der Waals surface area (Å²) in [6.45, 7) is 4.91. The third-order valence-electron chi connectivity index (χ3n) is 5.32. The van der Waals surface area contributed by atoms with Crippen LogP contribution in [0.4, 0.5) is 11.8 Å². The molecule has 34 heavy (non-hydrogen) atoms. The van der Waals surface area contributed by atoms with Crippen molar-refractivity contribution < 1.29 is 14.6 Å². The molecule has 4 rings (SSSR count). The molecule has 8 nitrogen and oxygen atoms in total. The zero-order valence-corrected chi connectivity index (χ0v) is 19.9. The third-order valence-corrected chi connectivity index (χ3v) is 6.32. The summed E-state index contributed by atoms with van der Waals surface area (Å²) in [5, 5.41) is 9.77. The molecule has 9 heteroatoms. The lowest BCUT2D eigenvalue weighted by Crippen LogP contribution is -2.06. The lowest BCUT2D eigenvalue weighted by Gasteiger charge is -2.18. The highest BCUT2D eigenvalue weighted by atomic mass is 32.1. The van der Waals surface area contributed by atoms with Crippen LogP contribution < -0.4 is 20.9 Å². The normalized spacial score (nSPS) is 10.9. The van der Waals surface area contributed by atoms with Crippen molar-refractivity contribution >= 4 is 23.1 Å². The van der Waals surface area contributed by atoms with E-state index >= 15 is 0 Å². The van der Waals surface area contributed by atoms with Gasteiger partial charge in [-0.2, -0.15) is 4.98 Å². The largest absolute Gasteiger partial charge is 0.508 e. The van der Waals surface area contributed by atoms with E-state index in [0.717, 1.165) is 34.4 Å². The summed E-state index contributed by atoms with van der Waals surface area (Å²) < 4.78 is 12.3. The number of aromatic nitrogens is 3. The Labute approximate surface area is 202 Å². The first kappa shape index (κ1) is 23.3. The maximum absolute atomic E-state index is 9.77. The van der Waals surface area contributed by atoms with Crippen LogP contribution in [0.25, 0.3) is 11.1 Å². The van der Waals surface area contributed by atoms with Crippen LogP contribution in [0.5, 0.6) is 17.2 Å². The molecule has 0 unspecified atom stereocenters. The van der Waals surface area contributed by atoms with E-state index in [4.69, 9.17) is 20.9 Å². The molecule has 0 fully saturated rings. The Kier molecular flexibility index (Phi) is 7.12. The number of thiazole rings is 1. The Morgan fingerprint density at radius 1 is 1.03 bits per heavy atom. The summed E-state index contributed by atoms with van der Waals surface area (Å²) in [6.07, 6.45) is 2.88. The van der Waals surface area contributed by atoms with Gasteiger partial charge in [-0.1, -0.05) is 12.1 Å². The van der Waals surface area contributed by atoms with Crippen LogP contribution in [0.2, 0.25) is 0 Å². The Hall–Kier alpha value is -3.85. The van der Waals surface area contributed by atoms with Gasteiger partial charge >= 0.3 is 0 Å². The Bertz CT molecular complexity index is 1270. The molecule has 0 aliphatic rings. The number of nitrogen functional groups attached to an aromatic ring is 2. The van der Waals surface area contributed by atoms with Gasteiger partial charge in [0.15, 0.2) is 0 Å². The van der Waals surface area contributed by atoms with E-state index in [1.165, 1.54) is 4.88 Å². The molecule has 176 valence electrons. The summed E-state index contributed by atoms with van der Waals surface area (Å²) in [5.41, 5.74) is 18.0. The lowest BCUT2D eigenvalue weighted by atomic mass is 9.98. The smallest absolute Gasteiger partial charge is 0.221 e. The zero-order chi connectivity index (χ0) is 24.1. The minimum Gasteiger partial charge on any atom is -0.508 e. The van der Waals surface area contributed by atoms with Crippen molar-refractivity contribution in [1.29, 1.82) is 0 Å². The molecule has 2 aromatic carbocycles. The second kappa shape index (κ2) is 10.4. The number of hydrogen-bond acceptors (Lipinski definition) is 9. The molecule has 0 aliphatic heterocycles. The molecule has 0 spiro atoms. The number of phenols is 1. The number of anilines is 2. The van der Waals surface area contributed by atoms with Crippen molar-refractivity contribution in [1.82, 2.24) is 15.0 Å². The van der Waals surface area contributed by atoms with Crippen LogP contribution in [0.15, 0.2) is 48.1 Å². The zero-order valence-electron chi connectivity index (χ0n) is 19.1. The van der Waals surface area contributed by atoms with Gasteiger partial charge in [0, 0.05) is 29.5 Å². The molecule has 0 saturated heterocycles. The van der Waals surface area contributed by atoms with Gasteiger partial charge < -0.3 is 26.0 Å². The average molecular weight is 478 g/mol. The van der Waals surface area contributed by atoms with Crippen LogP contribution in [0.3, 0.4) is 0 Å². The van der Waals surface area contributed by atoms with Gasteiger partial charge in [0.25, 0.3) is 0 Å². The van der Waals surface area contributed by atoms with Gasteiger partial charge in [-0.15, -0.1) is 11.3 Å². The minimum atomic E-state index is 0.140. The van der Waals surface area contributed by atoms with Crippen LogP contribution >= 0.6 is 11.3 Å². The number of rotatable bonds is 9. The molecule has 0 radical (unpaired) electrons. The number of nitrogens with two attached hydrogens (primary N) is 2. The van der Waals surface area contributed by atoms with Crippen molar-refractivity contribution in [3.8, 4) is 28.4 Å². The molecule has 0 aliphatic carbocycles. The van der Waals surface area contributed by atoms with Gasteiger partial charge in [-0.05, 0) is 49.2 Å². The predicted octanol–water partition coefficient (Wildman–Crippen LogP) is 4.39. The van der Waals surface area contributed by atoms with E-state index in [1.807, 2.05) is 43.6 Å². The van der Waals surface area contributed by atoms with E-state index in [0.29, 0.717) is 37.0 Å². The molecule has 0 atom stereocenters. The number of hydrogen-bond donors (Lipinski definition) is 3. The van der Waals surface area contributed by atoms with E-state index < -0.39 is 0 Å². The summed E-state index contributed by atoms with van der Waals surface area (Å²) >= 11 is 1.62. The first-order valence-electron chi connectivity index (χ1n) is 10.9. The number of benzene rings is 2. The van der Waals surface area contributed by atoms with E-state index in [9.17, 15) is 5.11 Å². The van der Waals surface area contributed by atoms with E-state index in [2.05, 4.69) is 15.0 Å². The molecule has 4 aromatic rings. The van der Waals surface area contributed by atoms with Crippen LogP contribution in [-0.4, -0.2) is 33.3 Å². The van der Waals surface area contributed by atoms with Crippen molar-refractivity contribution in [2.24, 2.45) is 0 Å². The number of phenolic OH excluding ortho intramolecular Hbond substituents is 1. The fourth-order valence-corrected chi connectivity index (χ4v) is 4.41. The third kappa shape index (κ3) is 5.37. The van der Waals surface area contributed by atoms with Gasteiger partial charge in [0.1, 0.15) is 23.1 Å². The van der Waals surface area contributed by atoms with Crippen LogP contribution in [0.1, 0.15) is 28.6 Å². The van der Waals surface area contributed by atoms with Crippen LogP contribution in [-0.2, 0) is 12.8 Å². The Morgan fingerprint density at radius 3 is 2.41 bits per heavy atom. The van der Waals surface area contributed by atoms with Crippen molar-refractivity contribution in [3.05, 3.63) is 69.8 Å². The van der Waals surface area contributed by atoms with Crippen molar-refractivity contribution in [2.45, 2.75) is 26.7 Å². The monoisotopic (exact) mass is 477 g/mol. The molecule has 0 saturated carbocycles. The number of aromatic hydroxyl groups is 1. The number of nitrogens with zero attached hydrogens (tertiary/aromatic N) is 3. The molecule has 0 bridgehead atoms. The van der Waals surface area contributed by atoms with Gasteiger partial charge in [0.05, 0.1) is 30.0 Å². The van der Waals surface area contributed by atoms with Crippen LogP contribution in [0, 0.1) is 6.92 Å². The molecular formula is C25H27N5O3S. The Balaban J connectivity index is 1.72. The highest BCUT2D eigenvalue weighted by Gasteiger charge is 2.17. The van der Waals surface area contributed by atoms with Crippen molar-refractivity contribution in [2.75, 3.05) is 24.7 Å². The fourth-order valence-electron chi connectivity index (χ4n) is 3.65. The first-order valence-corrected chi connectivity index (χ1v) is 11.8. The average Bonchev–Trinajstić information content (AvgIpc) is 3.21. The topological polar surface area (TPSA) is 129 Å². The van der Waals surface area contributed by atoms with Gasteiger partial charge in [-0.25, -0.2) is 9.97 Å². The van der Waals surface area contributed by atoms with E-state index in [1.54, 1.807) is 29.7 Å². The highest BCUT2D eigenvalue weighted by Crippen LogP contribution is 2.41. The maximum atomic E-state index is 9.77. The SMILES string of the molecule is CCOc1cc(Cc2cnc(N)nc2N)cc(OCCc2scnc2C)c1-c1ccc(O)cc1. The Morgan fingerprint density at radius 2 is 1.76 bits per heavy atom. The first-order chi connectivity index (χ1) is 16.4.